The summed E-state index contributed by atoms with van der Waals surface area (Å²) in [7, 11) is 0. The van der Waals surface area contributed by atoms with Gasteiger partial charge in [0.2, 0.25) is 0 Å². The van der Waals surface area contributed by atoms with Crippen LogP contribution in [0.1, 0.15) is 31.4 Å². The molecule has 1 aromatic rings. The molecule has 0 radical (unpaired) electrons. The highest BCUT2D eigenvalue weighted by Crippen LogP contribution is 2.27. The number of nitrogens with zero attached hydrogens (tertiary/aromatic N) is 3. The highest BCUT2D eigenvalue weighted by Gasteiger charge is 2.46. The molecule has 0 spiro atoms. The van der Waals surface area contributed by atoms with Crippen LogP contribution >= 0.6 is 0 Å². The van der Waals surface area contributed by atoms with Crippen molar-refractivity contribution in [3.8, 4) is 0 Å². The molecule has 3 heterocycles. The number of rotatable bonds is 7. The van der Waals surface area contributed by atoms with Gasteiger partial charge in [-0.3, -0.25) is 14.7 Å². The van der Waals surface area contributed by atoms with Crippen molar-refractivity contribution < 1.29 is 9.59 Å². The van der Waals surface area contributed by atoms with Crippen molar-refractivity contribution in [2.45, 2.75) is 38.3 Å². The third-order valence-electron chi connectivity index (χ3n) is 4.30. The van der Waals surface area contributed by atoms with Gasteiger partial charge in [0, 0.05) is 25.8 Å². The van der Waals surface area contributed by atoms with Gasteiger partial charge in [0.05, 0.1) is 5.69 Å². The van der Waals surface area contributed by atoms with Crippen molar-refractivity contribution >= 4 is 11.9 Å². The van der Waals surface area contributed by atoms with Crippen LogP contribution in [0, 0.1) is 0 Å². The van der Waals surface area contributed by atoms with Crippen LogP contribution in [-0.4, -0.2) is 52.4 Å². The van der Waals surface area contributed by atoms with E-state index in [2.05, 4.69) is 10.3 Å². The number of unbranched alkanes of at least 4 members (excludes halogenated alkanes) is 1. The first-order valence-corrected chi connectivity index (χ1v) is 8.00. The van der Waals surface area contributed by atoms with Crippen molar-refractivity contribution in [3.05, 3.63) is 30.1 Å². The van der Waals surface area contributed by atoms with Gasteiger partial charge in [-0.05, 0) is 44.4 Å². The van der Waals surface area contributed by atoms with E-state index in [4.69, 9.17) is 0 Å². The molecule has 6 nitrogen and oxygen atoms in total. The topological polar surface area (TPSA) is 65.5 Å². The number of urea groups is 1. The normalized spacial score (nSPS) is 20.8. The number of aromatic nitrogens is 1. The molecule has 0 aromatic carbocycles. The molecular weight excluding hydrogens is 280 g/mol. The number of carbonyl (C=O) groups excluding carboxylic acids is 2. The molecule has 0 saturated carbocycles. The van der Waals surface area contributed by atoms with Crippen LogP contribution in [-0.2, 0) is 11.3 Å². The summed E-state index contributed by atoms with van der Waals surface area (Å²) in [6, 6.07) is 5.60. The van der Waals surface area contributed by atoms with Crippen LogP contribution in [0.25, 0.3) is 0 Å². The third kappa shape index (κ3) is 3.11. The summed E-state index contributed by atoms with van der Waals surface area (Å²) in [4.78, 5) is 31.7. The molecule has 6 heteroatoms. The Kier molecular flexibility index (Phi) is 4.68. The average Bonchev–Trinajstić information content (AvgIpc) is 3.10. The second-order valence-corrected chi connectivity index (χ2v) is 5.83. The Labute approximate surface area is 130 Å². The first-order valence-electron chi connectivity index (χ1n) is 8.00. The summed E-state index contributed by atoms with van der Waals surface area (Å²) in [6.07, 6.45) is 5.34. The molecule has 22 heavy (non-hydrogen) atoms. The number of carbonyl (C=O) groups is 2. The van der Waals surface area contributed by atoms with E-state index >= 15 is 0 Å². The molecule has 2 aliphatic heterocycles. The Bertz CT molecular complexity index is 512. The van der Waals surface area contributed by atoms with Crippen LogP contribution in [0.5, 0.6) is 0 Å². The van der Waals surface area contributed by atoms with E-state index in [1.54, 1.807) is 11.1 Å². The molecular formula is C16H22N4O2. The largest absolute Gasteiger partial charge is 0.327 e. The third-order valence-corrected chi connectivity index (χ3v) is 4.30. The van der Waals surface area contributed by atoms with Gasteiger partial charge in [0.25, 0.3) is 5.91 Å². The van der Waals surface area contributed by atoms with E-state index in [9.17, 15) is 9.59 Å². The summed E-state index contributed by atoms with van der Waals surface area (Å²) >= 11 is 0. The molecule has 2 aliphatic rings. The molecule has 1 unspecified atom stereocenters. The van der Waals surface area contributed by atoms with Crippen molar-refractivity contribution in [1.82, 2.24) is 20.1 Å². The number of nitrogens with one attached hydrogen (secondary N) is 1. The summed E-state index contributed by atoms with van der Waals surface area (Å²) < 4.78 is 0. The van der Waals surface area contributed by atoms with Crippen molar-refractivity contribution in [1.29, 1.82) is 0 Å². The van der Waals surface area contributed by atoms with Gasteiger partial charge in [0.1, 0.15) is 6.04 Å². The number of fused-ring (bicyclic) bond motifs is 1. The first-order chi connectivity index (χ1) is 10.8. The van der Waals surface area contributed by atoms with Gasteiger partial charge in [-0.15, -0.1) is 0 Å². The van der Waals surface area contributed by atoms with Crippen LogP contribution in [0.4, 0.5) is 4.79 Å². The molecule has 1 N–H and O–H groups in total. The molecule has 118 valence electrons. The number of hydrogen-bond donors (Lipinski definition) is 1. The quantitative estimate of drug-likeness (QED) is 0.610. The maximum atomic E-state index is 12.1. The van der Waals surface area contributed by atoms with Crippen LogP contribution < -0.4 is 5.32 Å². The Balaban J connectivity index is 1.34. The van der Waals surface area contributed by atoms with E-state index in [1.165, 1.54) is 4.90 Å². The zero-order valence-corrected chi connectivity index (χ0v) is 12.7. The summed E-state index contributed by atoms with van der Waals surface area (Å²) in [5.41, 5.74) is 1.02. The standard InChI is InChI=1S/C16H22N4O2/c21-15-14-7-5-11-19(14)16(22)20(15)10-4-3-8-17-12-13-6-1-2-9-18-13/h1-2,6,9,14,17H,3-5,7-8,10-12H2. The van der Waals surface area contributed by atoms with E-state index in [0.29, 0.717) is 6.54 Å². The Morgan fingerprint density at radius 1 is 1.27 bits per heavy atom. The molecule has 3 amide bonds. The van der Waals surface area contributed by atoms with Gasteiger partial charge in [-0.1, -0.05) is 6.07 Å². The predicted molar refractivity (Wildman–Crippen MR) is 82.0 cm³/mol. The van der Waals surface area contributed by atoms with Gasteiger partial charge in [0.15, 0.2) is 0 Å². The van der Waals surface area contributed by atoms with Gasteiger partial charge in [-0.2, -0.15) is 0 Å². The van der Waals surface area contributed by atoms with Gasteiger partial charge >= 0.3 is 6.03 Å². The van der Waals surface area contributed by atoms with Crippen LogP contribution in [0.15, 0.2) is 24.4 Å². The number of amides is 3. The Morgan fingerprint density at radius 2 is 2.18 bits per heavy atom. The van der Waals surface area contributed by atoms with E-state index in [0.717, 1.165) is 51.0 Å². The second-order valence-electron chi connectivity index (χ2n) is 5.83. The molecule has 2 fully saturated rings. The van der Waals surface area contributed by atoms with Crippen LogP contribution in [0.2, 0.25) is 0 Å². The second kappa shape index (κ2) is 6.87. The van der Waals surface area contributed by atoms with E-state index in [-0.39, 0.29) is 18.0 Å². The molecule has 2 saturated heterocycles. The van der Waals surface area contributed by atoms with Crippen molar-refractivity contribution in [2.75, 3.05) is 19.6 Å². The fourth-order valence-electron chi connectivity index (χ4n) is 3.13. The summed E-state index contributed by atoms with van der Waals surface area (Å²) in [5, 5.41) is 3.33. The highest BCUT2D eigenvalue weighted by molar-refractivity contribution is 6.04. The minimum Gasteiger partial charge on any atom is -0.312 e. The fraction of sp³-hybridized carbons (Fsp3) is 0.562. The smallest absolute Gasteiger partial charge is 0.312 e. The number of hydrogen-bond acceptors (Lipinski definition) is 4. The predicted octanol–water partition coefficient (Wildman–Crippen LogP) is 1.38. The first kappa shape index (κ1) is 15.0. The molecule has 1 atom stereocenters. The van der Waals surface area contributed by atoms with Crippen molar-refractivity contribution in [2.24, 2.45) is 0 Å². The fourth-order valence-corrected chi connectivity index (χ4v) is 3.13. The van der Waals surface area contributed by atoms with Crippen molar-refractivity contribution in [3.63, 3.8) is 0 Å². The monoisotopic (exact) mass is 302 g/mol. The molecule has 1 aromatic heterocycles. The Morgan fingerprint density at radius 3 is 2.95 bits per heavy atom. The molecule has 0 bridgehead atoms. The summed E-state index contributed by atoms with van der Waals surface area (Å²) in [6.45, 7) is 2.88. The zero-order valence-electron chi connectivity index (χ0n) is 12.7. The minimum atomic E-state index is -0.171. The highest BCUT2D eigenvalue weighted by atomic mass is 16.2. The lowest BCUT2D eigenvalue weighted by Crippen LogP contribution is -2.34. The van der Waals surface area contributed by atoms with E-state index < -0.39 is 0 Å². The zero-order chi connectivity index (χ0) is 15.4. The minimum absolute atomic E-state index is 0.00365. The summed E-state index contributed by atoms with van der Waals surface area (Å²) in [5.74, 6) is 0.00365. The van der Waals surface area contributed by atoms with Crippen LogP contribution in [0.3, 0.4) is 0 Å². The lowest BCUT2D eigenvalue weighted by atomic mass is 10.2. The number of pyridine rings is 1. The maximum Gasteiger partial charge on any atom is 0.327 e. The molecule has 3 rings (SSSR count). The van der Waals surface area contributed by atoms with Gasteiger partial charge < -0.3 is 10.2 Å². The molecule has 0 aliphatic carbocycles. The lowest BCUT2D eigenvalue weighted by molar-refractivity contribution is -0.128. The SMILES string of the molecule is O=C1C2CCCN2C(=O)N1CCCCNCc1ccccn1. The lowest BCUT2D eigenvalue weighted by Gasteiger charge is -2.15. The average molecular weight is 302 g/mol. The van der Waals surface area contributed by atoms with Gasteiger partial charge in [-0.25, -0.2) is 4.79 Å². The Hall–Kier alpha value is -1.95. The van der Waals surface area contributed by atoms with E-state index in [1.807, 2.05) is 18.2 Å². The number of imide groups is 1. The maximum absolute atomic E-state index is 12.1.